The van der Waals surface area contributed by atoms with Gasteiger partial charge in [-0.2, -0.15) is 0 Å². The van der Waals surface area contributed by atoms with E-state index >= 15 is 0 Å². The van der Waals surface area contributed by atoms with Gasteiger partial charge >= 0.3 is 0 Å². The summed E-state index contributed by atoms with van der Waals surface area (Å²) in [5, 5.41) is 8.38. The van der Waals surface area contributed by atoms with Crippen molar-refractivity contribution in [1.82, 2.24) is 0 Å². The standard InChI is InChI=1S/C40H36P2/c1-34(32-41(35-20-8-2-9-21-35,36-22-10-3-11-23-36)37-24-12-4-13-25-37)33-42(38-26-14-5-15-27-38,39-28-16-6-17-29-39)40-30-18-7-19-31-40/h2-32H,33H2,1H3/q+2/b34-32+. The predicted molar refractivity (Wildman–Crippen MR) is 189 cm³/mol. The Morgan fingerprint density at radius 1 is 0.381 bits per heavy atom. The molecule has 6 rings (SSSR count). The third-order valence-corrected chi connectivity index (χ3v) is 16.7. The van der Waals surface area contributed by atoms with Crippen molar-refractivity contribution in [1.29, 1.82) is 0 Å². The molecule has 0 aliphatic heterocycles. The molecule has 0 saturated heterocycles. The zero-order chi connectivity index (χ0) is 28.7. The van der Waals surface area contributed by atoms with Crippen molar-refractivity contribution in [2.45, 2.75) is 6.92 Å². The lowest BCUT2D eigenvalue weighted by Gasteiger charge is -2.29. The first-order valence-corrected chi connectivity index (χ1v) is 18.4. The second-order valence-corrected chi connectivity index (χ2v) is 17.4. The normalized spacial score (nSPS) is 12.2. The van der Waals surface area contributed by atoms with E-state index < -0.39 is 14.5 Å². The molecule has 6 aromatic rings. The molecule has 0 bridgehead atoms. The van der Waals surface area contributed by atoms with Crippen molar-refractivity contribution < 1.29 is 0 Å². The number of allylic oxidation sites excluding steroid dienone is 1. The monoisotopic (exact) mass is 578 g/mol. The maximum atomic E-state index is 2.66. The van der Waals surface area contributed by atoms with Crippen molar-refractivity contribution >= 4 is 46.4 Å². The topological polar surface area (TPSA) is 0 Å². The third kappa shape index (κ3) is 5.42. The van der Waals surface area contributed by atoms with Gasteiger partial charge in [-0.25, -0.2) is 0 Å². The molecule has 0 amide bonds. The molecule has 42 heavy (non-hydrogen) atoms. The van der Waals surface area contributed by atoms with Crippen molar-refractivity contribution in [2.24, 2.45) is 0 Å². The molecule has 2 heteroatoms. The van der Waals surface area contributed by atoms with Crippen LogP contribution in [0.5, 0.6) is 0 Å². The zero-order valence-electron chi connectivity index (χ0n) is 24.0. The summed E-state index contributed by atoms with van der Waals surface area (Å²) >= 11 is 0. The summed E-state index contributed by atoms with van der Waals surface area (Å²) in [6, 6.07) is 67.1. The van der Waals surface area contributed by atoms with Gasteiger partial charge in [0.05, 0.1) is 12.0 Å². The highest BCUT2D eigenvalue weighted by molar-refractivity contribution is 7.98. The van der Waals surface area contributed by atoms with Crippen LogP contribution in [0.3, 0.4) is 0 Å². The van der Waals surface area contributed by atoms with Crippen LogP contribution < -0.4 is 31.8 Å². The molecule has 0 fully saturated rings. The Morgan fingerprint density at radius 2 is 0.619 bits per heavy atom. The molecule has 0 saturated carbocycles. The Balaban J connectivity index is 1.63. The van der Waals surface area contributed by atoms with E-state index in [1.54, 1.807) is 0 Å². The molecule has 0 aromatic heterocycles. The fourth-order valence-electron chi connectivity index (χ4n) is 6.17. The lowest BCUT2D eigenvalue weighted by atomic mass is 10.3. The second-order valence-electron chi connectivity index (χ2n) is 10.7. The van der Waals surface area contributed by atoms with Crippen LogP contribution in [-0.4, -0.2) is 6.16 Å². The Kier molecular flexibility index (Phi) is 8.58. The zero-order valence-corrected chi connectivity index (χ0v) is 25.8. The van der Waals surface area contributed by atoms with Crippen LogP contribution in [0, 0.1) is 0 Å². The summed E-state index contributed by atoms with van der Waals surface area (Å²) in [5.74, 6) is 2.66. The summed E-state index contributed by atoms with van der Waals surface area (Å²) in [4.78, 5) is 0. The molecule has 0 aliphatic rings. The predicted octanol–water partition coefficient (Wildman–Crippen LogP) is 7.88. The average Bonchev–Trinajstić information content (AvgIpc) is 3.08. The number of rotatable bonds is 9. The van der Waals surface area contributed by atoms with Gasteiger partial charge in [0.1, 0.15) is 46.4 Å². The minimum absolute atomic E-state index is 0.972. The van der Waals surface area contributed by atoms with Gasteiger partial charge < -0.3 is 0 Å². The first kappa shape index (κ1) is 28.1. The van der Waals surface area contributed by atoms with Gasteiger partial charge in [-0.05, 0) is 79.7 Å². The van der Waals surface area contributed by atoms with Gasteiger partial charge in [-0.1, -0.05) is 109 Å². The summed E-state index contributed by atoms with van der Waals surface area (Å²) < 4.78 is 0. The van der Waals surface area contributed by atoms with E-state index in [1.165, 1.54) is 37.4 Å². The van der Waals surface area contributed by atoms with E-state index in [4.69, 9.17) is 0 Å². The largest absolute Gasteiger partial charge is 0.137 e. The van der Waals surface area contributed by atoms with E-state index in [-0.39, 0.29) is 0 Å². The van der Waals surface area contributed by atoms with Gasteiger partial charge in [-0.15, -0.1) is 0 Å². The maximum Gasteiger partial charge on any atom is 0.137 e. The SMILES string of the molecule is C/C(=C\[P+](c1ccccc1)(c1ccccc1)c1ccccc1)C[P+](c1ccccc1)(c1ccccc1)c1ccccc1. The molecule has 204 valence electrons. The molecule has 0 radical (unpaired) electrons. The van der Waals surface area contributed by atoms with Crippen molar-refractivity contribution in [2.75, 3.05) is 6.16 Å². The first-order valence-electron chi connectivity index (χ1n) is 14.5. The lowest BCUT2D eigenvalue weighted by molar-refractivity contribution is 1.41. The molecular formula is C40H36P2+2. The highest BCUT2D eigenvalue weighted by Crippen LogP contribution is 2.61. The van der Waals surface area contributed by atoms with Crippen molar-refractivity contribution in [3.8, 4) is 0 Å². The van der Waals surface area contributed by atoms with Gasteiger partial charge in [0.15, 0.2) is 0 Å². The summed E-state index contributed by atoms with van der Waals surface area (Å²) in [6.45, 7) is 2.37. The lowest BCUT2D eigenvalue weighted by Crippen LogP contribution is -2.34. The van der Waals surface area contributed by atoms with Crippen LogP contribution in [0.15, 0.2) is 193 Å². The van der Waals surface area contributed by atoms with Gasteiger partial charge in [0, 0.05) is 5.57 Å². The molecule has 0 heterocycles. The molecule has 0 nitrogen and oxygen atoms in total. The highest BCUT2D eigenvalue weighted by atomic mass is 31.2. The van der Waals surface area contributed by atoms with Crippen molar-refractivity contribution in [3.05, 3.63) is 193 Å². The van der Waals surface area contributed by atoms with E-state index in [2.05, 4.69) is 195 Å². The van der Waals surface area contributed by atoms with Crippen LogP contribution in [0.1, 0.15) is 6.92 Å². The molecule has 0 unspecified atom stereocenters. The number of benzene rings is 6. The maximum absolute atomic E-state index is 2.66. The van der Waals surface area contributed by atoms with Gasteiger partial charge in [-0.3, -0.25) is 0 Å². The van der Waals surface area contributed by atoms with E-state index in [9.17, 15) is 0 Å². The Hall–Kier alpha value is -4.08. The Bertz CT molecular complexity index is 1520. The van der Waals surface area contributed by atoms with Crippen LogP contribution in [0.4, 0.5) is 0 Å². The molecule has 6 aromatic carbocycles. The van der Waals surface area contributed by atoms with E-state index in [0.717, 1.165) is 6.16 Å². The van der Waals surface area contributed by atoms with E-state index in [0.29, 0.717) is 0 Å². The number of hydrogen-bond acceptors (Lipinski definition) is 0. The summed E-state index contributed by atoms with van der Waals surface area (Å²) in [6.07, 6.45) is 0.972. The van der Waals surface area contributed by atoms with Crippen LogP contribution in [0.25, 0.3) is 0 Å². The fraction of sp³-hybridized carbons (Fsp3) is 0.0500. The quantitative estimate of drug-likeness (QED) is 0.153. The average molecular weight is 579 g/mol. The highest BCUT2D eigenvalue weighted by Gasteiger charge is 2.48. The van der Waals surface area contributed by atoms with Crippen LogP contribution in [-0.2, 0) is 0 Å². The fourth-order valence-corrected chi connectivity index (χ4v) is 14.7. The minimum Gasteiger partial charge on any atom is -0.0620 e. The minimum atomic E-state index is -2.11. The first-order chi connectivity index (χ1) is 20.7. The van der Waals surface area contributed by atoms with Crippen LogP contribution >= 0.6 is 14.5 Å². The number of hydrogen-bond donors (Lipinski definition) is 0. The van der Waals surface area contributed by atoms with Crippen molar-refractivity contribution in [3.63, 3.8) is 0 Å². The van der Waals surface area contributed by atoms with Gasteiger partial charge in [0.25, 0.3) is 0 Å². The summed E-state index contributed by atoms with van der Waals surface area (Å²) in [5.41, 5.74) is 1.42. The molecule has 0 atom stereocenters. The third-order valence-electron chi connectivity index (χ3n) is 7.98. The Labute approximate surface area is 252 Å². The molecule has 0 spiro atoms. The van der Waals surface area contributed by atoms with Crippen LogP contribution in [0.2, 0.25) is 0 Å². The molecule has 0 N–H and O–H groups in total. The van der Waals surface area contributed by atoms with Gasteiger partial charge in [0.2, 0.25) is 0 Å². The molecular weight excluding hydrogens is 542 g/mol. The smallest absolute Gasteiger partial charge is 0.0620 e. The van der Waals surface area contributed by atoms with E-state index in [1.807, 2.05) is 0 Å². The second kappa shape index (κ2) is 12.8. The Morgan fingerprint density at radius 3 is 0.881 bits per heavy atom. The molecule has 0 aliphatic carbocycles. The summed E-state index contributed by atoms with van der Waals surface area (Å²) in [7, 11) is -4.14.